The molecule has 0 aliphatic carbocycles. The van der Waals surface area contributed by atoms with Crippen LogP contribution in [0, 0.1) is 6.92 Å². The number of nitrogens with one attached hydrogen (secondary N) is 1. The van der Waals surface area contributed by atoms with Gasteiger partial charge < -0.3 is 10.1 Å². The number of hydrogen-bond donors (Lipinski definition) is 1. The Hall–Kier alpha value is -2.68. The molecule has 0 atom stereocenters. The topological polar surface area (TPSA) is 75.7 Å². The van der Waals surface area contributed by atoms with Gasteiger partial charge in [-0.25, -0.2) is 8.42 Å². The molecule has 0 bridgehead atoms. The molecule has 9 heteroatoms. The zero-order valence-corrected chi connectivity index (χ0v) is 22.8. The predicted octanol–water partition coefficient (Wildman–Crippen LogP) is 5.68. The molecular formula is C27H31ClN2O4S2. The average Bonchev–Trinajstić information content (AvgIpc) is 2.86. The molecule has 0 saturated heterocycles. The fourth-order valence-electron chi connectivity index (χ4n) is 3.50. The Morgan fingerprint density at radius 2 is 1.78 bits per heavy atom. The fraction of sp³-hybridized carbons (Fsp3) is 0.296. The van der Waals surface area contributed by atoms with E-state index in [2.05, 4.69) is 36.5 Å². The highest BCUT2D eigenvalue weighted by Crippen LogP contribution is 2.26. The molecular weight excluding hydrogens is 516 g/mol. The molecule has 0 heterocycles. The molecule has 0 unspecified atom stereocenters. The van der Waals surface area contributed by atoms with Crippen LogP contribution in [0.2, 0.25) is 5.02 Å². The zero-order valence-electron chi connectivity index (χ0n) is 20.4. The molecule has 0 spiro atoms. The number of carbonyl (C=O) groups is 1. The molecule has 3 aromatic rings. The van der Waals surface area contributed by atoms with E-state index in [4.69, 9.17) is 16.3 Å². The number of carbonyl (C=O) groups excluding carboxylic acids is 1. The van der Waals surface area contributed by atoms with Gasteiger partial charge in [0.2, 0.25) is 5.91 Å². The van der Waals surface area contributed by atoms with Gasteiger partial charge in [-0.15, -0.1) is 0 Å². The van der Waals surface area contributed by atoms with Gasteiger partial charge in [0.1, 0.15) is 12.3 Å². The Labute approximate surface area is 223 Å². The van der Waals surface area contributed by atoms with E-state index in [-0.39, 0.29) is 17.3 Å². The van der Waals surface area contributed by atoms with Gasteiger partial charge in [0.25, 0.3) is 10.0 Å². The van der Waals surface area contributed by atoms with Gasteiger partial charge in [0, 0.05) is 17.3 Å². The quantitative estimate of drug-likeness (QED) is 0.279. The number of halogens is 1. The van der Waals surface area contributed by atoms with Gasteiger partial charge in [-0.05, 0) is 80.1 Å². The highest BCUT2D eigenvalue weighted by Gasteiger charge is 2.27. The molecule has 36 heavy (non-hydrogen) atoms. The summed E-state index contributed by atoms with van der Waals surface area (Å²) in [4.78, 5) is 12.8. The van der Waals surface area contributed by atoms with E-state index in [9.17, 15) is 13.2 Å². The molecule has 3 rings (SSSR count). The zero-order chi connectivity index (χ0) is 26.0. The Morgan fingerprint density at radius 3 is 2.44 bits per heavy atom. The Bertz CT molecular complexity index is 1230. The molecule has 0 radical (unpaired) electrons. The first-order chi connectivity index (χ1) is 17.3. The SMILES string of the molecule is CCOc1ccc(N(CC(=O)NCCCSCc2cccc(C)c2)S(=O)(=O)c2ccc(Cl)cc2)cc1. The van der Waals surface area contributed by atoms with Crippen LogP contribution in [0.25, 0.3) is 0 Å². The summed E-state index contributed by atoms with van der Waals surface area (Å²) >= 11 is 7.74. The molecule has 0 aromatic heterocycles. The second-order valence-electron chi connectivity index (χ2n) is 8.14. The maximum Gasteiger partial charge on any atom is 0.264 e. The van der Waals surface area contributed by atoms with Crippen LogP contribution in [0.1, 0.15) is 24.5 Å². The van der Waals surface area contributed by atoms with E-state index < -0.39 is 10.0 Å². The van der Waals surface area contributed by atoms with Gasteiger partial charge in [0.05, 0.1) is 17.2 Å². The number of nitrogens with zero attached hydrogens (tertiary/aromatic N) is 1. The van der Waals surface area contributed by atoms with Crippen LogP contribution < -0.4 is 14.4 Å². The van der Waals surface area contributed by atoms with Crippen molar-refractivity contribution in [1.29, 1.82) is 0 Å². The summed E-state index contributed by atoms with van der Waals surface area (Å²) in [6, 6.07) is 20.9. The van der Waals surface area contributed by atoms with Crippen molar-refractivity contribution >= 4 is 45.0 Å². The summed E-state index contributed by atoms with van der Waals surface area (Å²) < 4.78 is 33.4. The summed E-state index contributed by atoms with van der Waals surface area (Å²) in [6.45, 7) is 4.58. The first-order valence-corrected chi connectivity index (χ1v) is 14.7. The first-order valence-electron chi connectivity index (χ1n) is 11.7. The van der Waals surface area contributed by atoms with Crippen molar-refractivity contribution in [3.8, 4) is 5.75 Å². The van der Waals surface area contributed by atoms with Crippen LogP contribution in [0.15, 0.2) is 77.7 Å². The standard InChI is InChI=1S/C27H31ClN2O4S2/c1-3-34-25-12-10-24(11-13-25)30(36(32,33)26-14-8-23(28)9-15-26)19-27(31)29-16-5-17-35-20-22-7-4-6-21(2)18-22/h4,6-15,18H,3,5,16-17,19-20H2,1-2H3,(H,29,31). The van der Waals surface area contributed by atoms with E-state index in [0.717, 1.165) is 22.2 Å². The van der Waals surface area contributed by atoms with E-state index in [0.29, 0.717) is 29.6 Å². The van der Waals surface area contributed by atoms with Crippen molar-refractivity contribution in [3.05, 3.63) is 88.9 Å². The van der Waals surface area contributed by atoms with Crippen molar-refractivity contribution in [2.45, 2.75) is 30.9 Å². The molecule has 0 saturated carbocycles. The van der Waals surface area contributed by atoms with Crippen LogP contribution in [-0.4, -0.2) is 39.8 Å². The number of sulfonamides is 1. The molecule has 1 N–H and O–H groups in total. The van der Waals surface area contributed by atoms with Crippen LogP contribution >= 0.6 is 23.4 Å². The second kappa shape index (κ2) is 13.6. The second-order valence-corrected chi connectivity index (χ2v) is 11.5. The number of thioether (sulfide) groups is 1. The monoisotopic (exact) mass is 546 g/mol. The summed E-state index contributed by atoms with van der Waals surface area (Å²) in [5, 5.41) is 3.28. The van der Waals surface area contributed by atoms with Crippen LogP contribution in [0.3, 0.4) is 0 Å². The predicted molar refractivity (Wildman–Crippen MR) is 149 cm³/mol. The smallest absolute Gasteiger partial charge is 0.264 e. The van der Waals surface area contributed by atoms with Crippen LogP contribution in [-0.2, 0) is 20.6 Å². The molecule has 3 aromatic carbocycles. The highest BCUT2D eigenvalue weighted by molar-refractivity contribution is 7.98. The minimum Gasteiger partial charge on any atom is -0.494 e. The molecule has 0 fully saturated rings. The third kappa shape index (κ3) is 8.18. The summed E-state index contributed by atoms with van der Waals surface area (Å²) in [5.74, 6) is 2.06. The van der Waals surface area contributed by atoms with Crippen molar-refractivity contribution in [1.82, 2.24) is 5.32 Å². The van der Waals surface area contributed by atoms with Crippen molar-refractivity contribution in [3.63, 3.8) is 0 Å². The maximum absolute atomic E-state index is 13.4. The minimum atomic E-state index is -4.00. The van der Waals surface area contributed by atoms with Crippen molar-refractivity contribution < 1.29 is 17.9 Å². The number of aryl methyl sites for hydroxylation is 1. The third-order valence-corrected chi connectivity index (χ3v) is 8.42. The van der Waals surface area contributed by atoms with Gasteiger partial charge in [-0.3, -0.25) is 9.10 Å². The number of anilines is 1. The van der Waals surface area contributed by atoms with Crippen LogP contribution in [0.4, 0.5) is 5.69 Å². The number of amides is 1. The molecule has 0 aliphatic rings. The lowest BCUT2D eigenvalue weighted by atomic mass is 10.2. The number of hydrogen-bond acceptors (Lipinski definition) is 5. The van der Waals surface area contributed by atoms with Crippen molar-refractivity contribution in [2.24, 2.45) is 0 Å². The van der Waals surface area contributed by atoms with E-state index in [1.54, 1.807) is 36.0 Å². The Morgan fingerprint density at radius 1 is 1.06 bits per heavy atom. The highest BCUT2D eigenvalue weighted by atomic mass is 35.5. The van der Waals surface area contributed by atoms with Gasteiger partial charge in [-0.1, -0.05) is 41.4 Å². The van der Waals surface area contributed by atoms with E-state index in [1.807, 2.05) is 6.92 Å². The van der Waals surface area contributed by atoms with Gasteiger partial charge >= 0.3 is 0 Å². The average molecular weight is 547 g/mol. The lowest BCUT2D eigenvalue weighted by Gasteiger charge is -2.24. The molecule has 1 amide bonds. The van der Waals surface area contributed by atoms with E-state index in [1.165, 1.54) is 35.4 Å². The summed E-state index contributed by atoms with van der Waals surface area (Å²) in [7, 11) is -4.00. The fourth-order valence-corrected chi connectivity index (χ4v) is 5.96. The molecule has 6 nitrogen and oxygen atoms in total. The van der Waals surface area contributed by atoms with E-state index >= 15 is 0 Å². The Balaban J connectivity index is 1.61. The third-order valence-electron chi connectivity index (χ3n) is 5.26. The Kier molecular flexibility index (Phi) is 10.5. The van der Waals surface area contributed by atoms with Crippen molar-refractivity contribution in [2.75, 3.05) is 29.8 Å². The maximum atomic E-state index is 13.4. The lowest BCUT2D eigenvalue weighted by molar-refractivity contribution is -0.119. The van der Waals surface area contributed by atoms with Crippen LogP contribution in [0.5, 0.6) is 5.75 Å². The minimum absolute atomic E-state index is 0.0566. The number of benzene rings is 3. The molecule has 0 aliphatic heterocycles. The molecule has 192 valence electrons. The summed E-state index contributed by atoms with van der Waals surface area (Å²) in [6.07, 6.45) is 0.787. The van der Waals surface area contributed by atoms with Gasteiger partial charge in [-0.2, -0.15) is 11.8 Å². The summed E-state index contributed by atoms with van der Waals surface area (Å²) in [5.41, 5.74) is 2.89. The lowest BCUT2D eigenvalue weighted by Crippen LogP contribution is -2.41. The van der Waals surface area contributed by atoms with Gasteiger partial charge in [0.15, 0.2) is 0 Å². The first kappa shape index (κ1) is 27.9. The normalized spacial score (nSPS) is 11.2. The number of rotatable bonds is 13. The number of ether oxygens (including phenoxy) is 1. The largest absolute Gasteiger partial charge is 0.494 e.